The summed E-state index contributed by atoms with van der Waals surface area (Å²) in [6, 6.07) is 6.85. The second-order valence-electron chi connectivity index (χ2n) is 19.9. The molecule has 4 aromatic rings. The van der Waals surface area contributed by atoms with Gasteiger partial charge in [-0.25, -0.2) is 4.98 Å². The van der Waals surface area contributed by atoms with E-state index in [9.17, 15) is 47.9 Å². The van der Waals surface area contributed by atoms with Gasteiger partial charge in [-0.3, -0.25) is 47.9 Å². The Morgan fingerprint density at radius 3 is 2.01 bits per heavy atom. The quantitative estimate of drug-likeness (QED) is 0.0324. The zero-order valence-corrected chi connectivity index (χ0v) is 44.9. The summed E-state index contributed by atoms with van der Waals surface area (Å²) >= 11 is 1.36. The molecule has 24 nitrogen and oxygen atoms in total. The molecule has 1 saturated heterocycles. The summed E-state index contributed by atoms with van der Waals surface area (Å²) in [7, 11) is 0. The lowest BCUT2D eigenvalue weighted by molar-refractivity contribution is -0.141. The molecule has 8 atom stereocenters. The number of carbonyl (C=O) groups is 10. The number of rotatable bonds is 28. The molecule has 2 aromatic heterocycles. The Morgan fingerprint density at radius 2 is 1.36 bits per heavy atom. The molecule has 5 rings (SSSR count). The monoisotopic (exact) mass is 1080 g/mol. The minimum absolute atomic E-state index is 0.0566. The van der Waals surface area contributed by atoms with Crippen molar-refractivity contribution in [2.45, 2.75) is 128 Å². The van der Waals surface area contributed by atoms with E-state index < -0.39 is 120 Å². The van der Waals surface area contributed by atoms with E-state index in [2.05, 4.69) is 52.2 Å². The van der Waals surface area contributed by atoms with E-state index in [1.165, 1.54) is 36.1 Å². The van der Waals surface area contributed by atoms with Crippen LogP contribution in [0, 0.1) is 18.8 Å². The lowest BCUT2D eigenvalue weighted by Gasteiger charge is -2.29. The molecule has 0 saturated carbocycles. The van der Waals surface area contributed by atoms with Gasteiger partial charge in [0.15, 0.2) is 0 Å². The van der Waals surface area contributed by atoms with E-state index in [4.69, 9.17) is 17.2 Å². The standard InChI is InChI=1S/C52H72N14O10S/c1-27(2)18-40(52(76)66-26-77-24-41(66)45(55)69)64-50(74)38(20-32-22-56-25-58-32)61-43(68)23-57-51(75)44(28(3)4)65-46(70)30(6)60-49(73)39(21-34-29(5)59-36-15-11-10-14-33(34)36)63-48(72)37(16-17-42(54)67)62-47(71)35(53)19-31-12-8-7-9-13-31/h7-15,22,25,27-28,30,35,37-41,44,59H,16-21,23-24,26,53H2,1-6H3,(H2,54,67)(H2,55,69)(H,56,58)(H,57,75)(H,60,73)(H,61,68)(H,62,71)(H,63,72)(H,64,74)(H,65,70)/t30-,35+,37-,38-,39-,40-,41-,44-/m0/s1. The van der Waals surface area contributed by atoms with Crippen LogP contribution in [-0.2, 0) is 67.2 Å². The largest absolute Gasteiger partial charge is 0.370 e. The summed E-state index contributed by atoms with van der Waals surface area (Å²) in [5.74, 6) is -7.32. The molecule has 1 aliphatic heterocycles. The topological polar surface area (TPSA) is 381 Å². The number of hydrogen-bond acceptors (Lipinski definition) is 13. The molecule has 77 heavy (non-hydrogen) atoms. The molecule has 0 radical (unpaired) electrons. The summed E-state index contributed by atoms with van der Waals surface area (Å²) in [5, 5.41) is 19.2. The molecule has 416 valence electrons. The van der Waals surface area contributed by atoms with Crippen molar-refractivity contribution in [2.75, 3.05) is 18.2 Å². The first-order valence-electron chi connectivity index (χ1n) is 25.4. The van der Waals surface area contributed by atoms with E-state index in [1.54, 1.807) is 45.0 Å². The van der Waals surface area contributed by atoms with E-state index in [-0.39, 0.29) is 50.3 Å². The second kappa shape index (κ2) is 28.4. The molecule has 0 bridgehead atoms. The molecule has 0 aliphatic carbocycles. The SMILES string of the molecule is Cc1[nH]c2ccccc2c1C[C@H](NC(=O)[C@H](CCC(N)=O)NC(=O)[C@H](N)Cc1ccccc1)C(=O)N[C@@H](C)C(=O)N[C@H](C(=O)NCC(=O)N[C@@H](Cc1cnc[nH]1)C(=O)N[C@@H](CC(C)C)C(=O)N1CSC[C@H]1C(N)=O)C(C)C. The van der Waals surface area contributed by atoms with Crippen LogP contribution in [0.3, 0.4) is 0 Å². The van der Waals surface area contributed by atoms with Crippen molar-refractivity contribution in [2.24, 2.45) is 29.0 Å². The summed E-state index contributed by atoms with van der Waals surface area (Å²) in [4.78, 5) is 146. The highest BCUT2D eigenvalue weighted by Gasteiger charge is 2.39. The number of nitrogens with zero attached hydrogens (tertiary/aromatic N) is 2. The van der Waals surface area contributed by atoms with Crippen LogP contribution in [0.2, 0.25) is 0 Å². The lowest BCUT2D eigenvalue weighted by Crippen LogP contribution is -2.59. The van der Waals surface area contributed by atoms with Gasteiger partial charge in [-0.2, -0.15) is 0 Å². The highest BCUT2D eigenvalue weighted by molar-refractivity contribution is 7.99. The predicted molar refractivity (Wildman–Crippen MR) is 287 cm³/mol. The van der Waals surface area contributed by atoms with Gasteiger partial charge in [0.05, 0.1) is 24.8 Å². The lowest BCUT2D eigenvalue weighted by atomic mass is 10.00. The van der Waals surface area contributed by atoms with Crippen molar-refractivity contribution in [3.63, 3.8) is 0 Å². The van der Waals surface area contributed by atoms with Crippen LogP contribution in [0.4, 0.5) is 0 Å². The zero-order chi connectivity index (χ0) is 56.5. The van der Waals surface area contributed by atoms with Crippen LogP contribution in [0.25, 0.3) is 10.9 Å². The molecular weight excluding hydrogens is 1010 g/mol. The summed E-state index contributed by atoms with van der Waals surface area (Å²) in [6.45, 7) is 9.57. The molecule has 3 heterocycles. The minimum Gasteiger partial charge on any atom is -0.370 e. The third kappa shape index (κ3) is 17.6. The van der Waals surface area contributed by atoms with Crippen LogP contribution in [0.5, 0.6) is 0 Å². The molecule has 2 aromatic carbocycles. The third-order valence-electron chi connectivity index (χ3n) is 12.9. The Hall–Kier alpha value is -7.80. The van der Waals surface area contributed by atoms with E-state index >= 15 is 0 Å². The molecule has 0 unspecified atom stereocenters. The maximum atomic E-state index is 14.3. The normalized spacial score (nSPS) is 16.0. The second-order valence-corrected chi connectivity index (χ2v) is 20.9. The summed E-state index contributed by atoms with van der Waals surface area (Å²) in [6.07, 6.45) is 2.56. The van der Waals surface area contributed by atoms with Gasteiger partial charge < -0.3 is 69.3 Å². The Bertz CT molecular complexity index is 2740. The Labute approximate surface area is 450 Å². The number of nitrogens with one attached hydrogen (secondary N) is 9. The number of amides is 10. The predicted octanol–water partition coefficient (Wildman–Crippen LogP) is -1.05. The summed E-state index contributed by atoms with van der Waals surface area (Å²) < 4.78 is 0. The van der Waals surface area contributed by atoms with Crippen LogP contribution in [0.15, 0.2) is 67.1 Å². The summed E-state index contributed by atoms with van der Waals surface area (Å²) in [5.41, 5.74) is 20.6. The van der Waals surface area contributed by atoms with Crippen LogP contribution >= 0.6 is 11.8 Å². The van der Waals surface area contributed by atoms with E-state index in [0.717, 1.165) is 16.5 Å². The van der Waals surface area contributed by atoms with Gasteiger partial charge in [0, 0.05) is 53.5 Å². The first-order valence-corrected chi connectivity index (χ1v) is 26.6. The number of hydrogen-bond donors (Lipinski definition) is 12. The molecular formula is C52H72N14O10S. The van der Waals surface area contributed by atoms with Gasteiger partial charge in [0.25, 0.3) is 0 Å². The number of fused-ring (bicyclic) bond motifs is 1. The van der Waals surface area contributed by atoms with Crippen LogP contribution in [-0.4, -0.2) is 145 Å². The number of aromatic amines is 2. The van der Waals surface area contributed by atoms with Gasteiger partial charge in [-0.15, -0.1) is 11.8 Å². The first-order chi connectivity index (χ1) is 36.5. The number of aromatic nitrogens is 3. The Balaban J connectivity index is 1.26. The number of primary amides is 2. The molecule has 1 fully saturated rings. The van der Waals surface area contributed by atoms with Gasteiger partial charge in [-0.05, 0) is 62.1 Å². The number of para-hydroxylation sites is 1. The third-order valence-corrected chi connectivity index (χ3v) is 13.9. The Kier molecular flexibility index (Phi) is 22.1. The fraction of sp³-hybridized carbons (Fsp3) is 0.481. The van der Waals surface area contributed by atoms with Crippen molar-refractivity contribution in [3.05, 3.63) is 89.6 Å². The maximum absolute atomic E-state index is 14.3. The highest BCUT2D eigenvalue weighted by atomic mass is 32.2. The van der Waals surface area contributed by atoms with Crippen molar-refractivity contribution in [1.29, 1.82) is 0 Å². The molecule has 1 aliphatic rings. The number of nitrogens with two attached hydrogens (primary N) is 3. The first kappa shape index (κ1) is 60.1. The number of thioether (sulfide) groups is 1. The van der Waals surface area contributed by atoms with Gasteiger partial charge >= 0.3 is 0 Å². The van der Waals surface area contributed by atoms with Gasteiger partial charge in [-0.1, -0.05) is 76.2 Å². The molecule has 0 spiro atoms. The molecule has 15 N–H and O–H groups in total. The highest BCUT2D eigenvalue weighted by Crippen LogP contribution is 2.25. The van der Waals surface area contributed by atoms with E-state index in [1.807, 2.05) is 44.2 Å². The van der Waals surface area contributed by atoms with Crippen molar-refractivity contribution in [1.82, 2.24) is 57.1 Å². The van der Waals surface area contributed by atoms with Crippen molar-refractivity contribution < 1.29 is 47.9 Å². The zero-order valence-electron chi connectivity index (χ0n) is 44.1. The fourth-order valence-corrected chi connectivity index (χ4v) is 9.86. The number of imidazole rings is 1. The number of H-pyrrole nitrogens is 2. The average Bonchev–Trinajstić information content (AvgIpc) is 4.17. The van der Waals surface area contributed by atoms with Gasteiger partial charge in [0.1, 0.15) is 42.3 Å². The number of aryl methyl sites for hydroxylation is 1. The van der Waals surface area contributed by atoms with Crippen LogP contribution < -0.4 is 54.4 Å². The smallest absolute Gasteiger partial charge is 0.246 e. The minimum atomic E-state index is -1.36. The van der Waals surface area contributed by atoms with Crippen LogP contribution in [0.1, 0.15) is 76.4 Å². The number of benzene rings is 2. The van der Waals surface area contributed by atoms with Crippen molar-refractivity contribution in [3.8, 4) is 0 Å². The molecule has 25 heteroatoms. The number of carbonyl (C=O) groups excluding carboxylic acids is 10. The Morgan fingerprint density at radius 1 is 0.727 bits per heavy atom. The average molecular weight is 1090 g/mol. The van der Waals surface area contributed by atoms with E-state index in [0.29, 0.717) is 22.7 Å². The van der Waals surface area contributed by atoms with Gasteiger partial charge in [0.2, 0.25) is 59.1 Å². The maximum Gasteiger partial charge on any atom is 0.246 e. The van der Waals surface area contributed by atoms with Crippen molar-refractivity contribution >= 4 is 81.7 Å². The molecule has 10 amide bonds. The fourth-order valence-electron chi connectivity index (χ4n) is 8.68.